The van der Waals surface area contributed by atoms with Crippen molar-refractivity contribution in [2.45, 2.75) is 13.5 Å². The molecule has 8 heteroatoms. The molecule has 0 radical (unpaired) electrons. The van der Waals surface area contributed by atoms with Crippen molar-refractivity contribution in [2.75, 3.05) is 11.9 Å². The van der Waals surface area contributed by atoms with E-state index in [4.69, 9.17) is 4.74 Å². The van der Waals surface area contributed by atoms with Gasteiger partial charge in [0.1, 0.15) is 23.2 Å². The number of aromatic nitrogens is 2. The molecule has 0 aliphatic carbocycles. The average Bonchev–Trinajstić information content (AvgIpc) is 2.97. The van der Waals surface area contributed by atoms with Gasteiger partial charge < -0.3 is 10.1 Å². The number of anilines is 1. The number of hydrogen-bond acceptors (Lipinski definition) is 3. The van der Waals surface area contributed by atoms with Gasteiger partial charge in [-0.2, -0.15) is 5.10 Å². The molecule has 5 nitrogen and oxygen atoms in total. The van der Waals surface area contributed by atoms with E-state index in [0.29, 0.717) is 17.1 Å². The van der Waals surface area contributed by atoms with Crippen LogP contribution in [0.25, 0.3) is 0 Å². The Kier molecular flexibility index (Phi) is 6.04. The van der Waals surface area contributed by atoms with Crippen molar-refractivity contribution in [1.82, 2.24) is 9.78 Å². The van der Waals surface area contributed by atoms with E-state index in [2.05, 4.69) is 33.0 Å². The summed E-state index contributed by atoms with van der Waals surface area (Å²) in [5, 5.41) is 6.85. The fraction of sp³-hybridized carbons (Fsp3) is 0.158. The van der Waals surface area contributed by atoms with Gasteiger partial charge in [0, 0.05) is 14.7 Å². The fourth-order valence-electron chi connectivity index (χ4n) is 2.44. The van der Waals surface area contributed by atoms with Crippen LogP contribution in [0.15, 0.2) is 48.7 Å². The summed E-state index contributed by atoms with van der Waals surface area (Å²) in [5.41, 5.74) is 0.846. The second kappa shape index (κ2) is 8.47. The Labute approximate surface area is 168 Å². The van der Waals surface area contributed by atoms with Crippen molar-refractivity contribution in [3.8, 4) is 5.75 Å². The third-order valence-corrected chi connectivity index (χ3v) is 4.51. The van der Waals surface area contributed by atoms with E-state index >= 15 is 0 Å². The lowest BCUT2D eigenvalue weighted by atomic mass is 10.2. The molecule has 1 aromatic heterocycles. The molecule has 0 aliphatic rings. The Morgan fingerprint density at radius 3 is 2.70 bits per heavy atom. The topological polar surface area (TPSA) is 56.2 Å². The van der Waals surface area contributed by atoms with E-state index in [-0.39, 0.29) is 24.6 Å². The zero-order valence-corrected chi connectivity index (χ0v) is 16.5. The molecule has 0 fully saturated rings. The molecule has 0 saturated heterocycles. The van der Waals surface area contributed by atoms with Gasteiger partial charge in [-0.15, -0.1) is 0 Å². The van der Waals surface area contributed by atoms with Gasteiger partial charge in [-0.1, -0.05) is 0 Å². The number of carbonyl (C=O) groups is 1. The average molecular weight is 483 g/mol. The van der Waals surface area contributed by atoms with Crippen molar-refractivity contribution >= 4 is 34.3 Å². The van der Waals surface area contributed by atoms with Crippen LogP contribution in [-0.2, 0) is 11.3 Å². The minimum Gasteiger partial charge on any atom is -0.484 e. The molecular formula is C19H16F2IN3O2. The number of nitrogens with zero attached hydrogens (tertiary/aromatic N) is 2. The predicted molar refractivity (Wildman–Crippen MR) is 106 cm³/mol. The quantitative estimate of drug-likeness (QED) is 0.537. The van der Waals surface area contributed by atoms with E-state index in [1.54, 1.807) is 25.3 Å². The molecule has 0 aliphatic heterocycles. The lowest BCUT2D eigenvalue weighted by Crippen LogP contribution is -2.23. The molecule has 1 heterocycles. The number of aryl methyl sites for hydroxylation is 1. The van der Waals surface area contributed by atoms with Crippen molar-refractivity contribution < 1.29 is 18.3 Å². The first-order valence-corrected chi connectivity index (χ1v) is 9.15. The smallest absolute Gasteiger partial charge is 0.263 e. The third kappa shape index (κ3) is 5.03. The zero-order valence-electron chi connectivity index (χ0n) is 14.4. The predicted octanol–water partition coefficient (Wildman–Crippen LogP) is 4.14. The van der Waals surface area contributed by atoms with Crippen LogP contribution in [-0.4, -0.2) is 22.3 Å². The number of amides is 1. The number of hydrogen-bond donors (Lipinski definition) is 1. The van der Waals surface area contributed by atoms with Gasteiger partial charge in [0.25, 0.3) is 5.91 Å². The second-order valence-corrected chi connectivity index (χ2v) is 7.11. The largest absolute Gasteiger partial charge is 0.484 e. The van der Waals surface area contributed by atoms with Gasteiger partial charge >= 0.3 is 0 Å². The van der Waals surface area contributed by atoms with Crippen LogP contribution < -0.4 is 10.1 Å². The van der Waals surface area contributed by atoms with Crippen molar-refractivity contribution in [2.24, 2.45) is 0 Å². The summed E-state index contributed by atoms with van der Waals surface area (Å²) in [5.74, 6) is -0.457. The van der Waals surface area contributed by atoms with Crippen molar-refractivity contribution in [1.29, 1.82) is 0 Å². The Hall–Kier alpha value is -2.49. The first-order valence-electron chi connectivity index (χ1n) is 8.07. The molecule has 1 N–H and O–H groups in total. The third-order valence-electron chi connectivity index (χ3n) is 3.79. The van der Waals surface area contributed by atoms with E-state index in [1.165, 1.54) is 4.68 Å². The molecule has 0 unspecified atom stereocenters. The number of ether oxygens (including phenoxy) is 1. The van der Waals surface area contributed by atoms with Gasteiger partial charge in [0.05, 0.1) is 12.7 Å². The Balaban J connectivity index is 1.68. The maximum absolute atomic E-state index is 13.9. The molecule has 3 rings (SSSR count). The van der Waals surface area contributed by atoms with Crippen LogP contribution in [0.2, 0.25) is 0 Å². The molecule has 0 bridgehead atoms. The molecule has 0 spiro atoms. The first kappa shape index (κ1) is 19.3. The SMILES string of the molecule is Cc1cnn(Cc2cc(F)ccc2F)c1NC(=O)COc1ccc(I)cc1. The van der Waals surface area contributed by atoms with Crippen molar-refractivity contribution in [3.05, 3.63) is 75.0 Å². The minimum atomic E-state index is -0.538. The summed E-state index contributed by atoms with van der Waals surface area (Å²) in [6.07, 6.45) is 1.55. The minimum absolute atomic E-state index is 0.00890. The lowest BCUT2D eigenvalue weighted by molar-refractivity contribution is -0.118. The maximum Gasteiger partial charge on any atom is 0.263 e. The summed E-state index contributed by atoms with van der Waals surface area (Å²) < 4.78 is 35.2. The summed E-state index contributed by atoms with van der Waals surface area (Å²) in [4.78, 5) is 12.2. The normalized spacial score (nSPS) is 10.7. The Morgan fingerprint density at radius 1 is 1.22 bits per heavy atom. The summed E-state index contributed by atoms with van der Waals surface area (Å²) in [7, 11) is 0. The zero-order chi connectivity index (χ0) is 19.4. The summed E-state index contributed by atoms with van der Waals surface area (Å²) in [6, 6.07) is 10.5. The number of benzene rings is 2. The van der Waals surface area contributed by atoms with Gasteiger partial charge in [-0.25, -0.2) is 13.5 Å². The van der Waals surface area contributed by atoms with Gasteiger partial charge in [0.15, 0.2) is 6.61 Å². The lowest BCUT2D eigenvalue weighted by Gasteiger charge is -2.12. The van der Waals surface area contributed by atoms with Crippen LogP contribution in [0.5, 0.6) is 5.75 Å². The number of nitrogens with one attached hydrogen (secondary N) is 1. The van der Waals surface area contributed by atoms with Gasteiger partial charge in [-0.3, -0.25) is 4.79 Å². The fourth-order valence-corrected chi connectivity index (χ4v) is 2.79. The Morgan fingerprint density at radius 2 is 1.96 bits per heavy atom. The first-order chi connectivity index (χ1) is 12.9. The molecule has 1 amide bonds. The van der Waals surface area contributed by atoms with Crippen LogP contribution in [0.3, 0.4) is 0 Å². The highest BCUT2D eigenvalue weighted by Gasteiger charge is 2.14. The van der Waals surface area contributed by atoms with E-state index in [0.717, 1.165) is 21.8 Å². The maximum atomic E-state index is 13.9. The number of rotatable bonds is 6. The summed E-state index contributed by atoms with van der Waals surface area (Å²) >= 11 is 2.18. The number of carbonyl (C=O) groups excluding carboxylic acids is 1. The summed E-state index contributed by atoms with van der Waals surface area (Å²) in [6.45, 7) is 1.58. The van der Waals surface area contributed by atoms with E-state index < -0.39 is 11.6 Å². The molecule has 3 aromatic rings. The highest BCUT2D eigenvalue weighted by Crippen LogP contribution is 2.18. The van der Waals surface area contributed by atoms with Gasteiger partial charge in [-0.05, 0) is 72.0 Å². The standard InChI is InChI=1S/C19H16F2IN3O2/c1-12-9-23-25(10-13-8-14(20)2-7-17(13)21)19(12)24-18(26)11-27-16-5-3-15(22)4-6-16/h2-9H,10-11H2,1H3,(H,24,26). The molecule has 2 aromatic carbocycles. The molecule has 0 atom stereocenters. The van der Waals surface area contributed by atoms with E-state index in [9.17, 15) is 13.6 Å². The van der Waals surface area contributed by atoms with Crippen LogP contribution >= 0.6 is 22.6 Å². The van der Waals surface area contributed by atoms with Gasteiger partial charge in [0.2, 0.25) is 0 Å². The number of halogens is 3. The monoisotopic (exact) mass is 483 g/mol. The van der Waals surface area contributed by atoms with Crippen LogP contribution in [0.4, 0.5) is 14.6 Å². The van der Waals surface area contributed by atoms with Crippen molar-refractivity contribution in [3.63, 3.8) is 0 Å². The highest BCUT2D eigenvalue weighted by atomic mass is 127. The molecule has 27 heavy (non-hydrogen) atoms. The molecular weight excluding hydrogens is 467 g/mol. The van der Waals surface area contributed by atoms with Crippen LogP contribution in [0.1, 0.15) is 11.1 Å². The molecule has 140 valence electrons. The highest BCUT2D eigenvalue weighted by molar-refractivity contribution is 14.1. The second-order valence-electron chi connectivity index (χ2n) is 5.86. The Bertz CT molecular complexity index is 958. The van der Waals surface area contributed by atoms with E-state index in [1.807, 2.05) is 12.1 Å². The van der Waals surface area contributed by atoms with Crippen LogP contribution in [0, 0.1) is 22.1 Å². The molecule has 0 saturated carbocycles.